The highest BCUT2D eigenvalue weighted by Crippen LogP contribution is 2.30. The summed E-state index contributed by atoms with van der Waals surface area (Å²) in [6.07, 6.45) is 1.89. The van der Waals surface area contributed by atoms with Gasteiger partial charge in [0, 0.05) is 5.56 Å². The topological polar surface area (TPSA) is 36.7 Å². The zero-order chi connectivity index (χ0) is 14.8. The van der Waals surface area contributed by atoms with Gasteiger partial charge in [-0.05, 0) is 17.4 Å². The number of aromatic nitrogens is 1. The number of aryl methyl sites for hydroxylation is 1. The molecule has 2 nitrogen and oxygen atoms in total. The van der Waals surface area contributed by atoms with E-state index in [9.17, 15) is 5.26 Å². The Kier molecular flexibility index (Phi) is 4.25. The van der Waals surface area contributed by atoms with Gasteiger partial charge in [0.05, 0.1) is 5.69 Å². The maximum atomic E-state index is 9.18. The molecule has 0 saturated heterocycles. The van der Waals surface area contributed by atoms with Crippen LogP contribution in [0.25, 0.3) is 10.6 Å². The van der Waals surface area contributed by atoms with E-state index in [-0.39, 0.29) is 5.41 Å². The Morgan fingerprint density at radius 2 is 1.85 bits per heavy atom. The van der Waals surface area contributed by atoms with Crippen molar-refractivity contribution in [3.63, 3.8) is 0 Å². The summed E-state index contributed by atoms with van der Waals surface area (Å²) >= 11 is 1.49. The molecule has 0 unspecified atom stereocenters. The number of hydrogen-bond acceptors (Lipinski definition) is 3. The van der Waals surface area contributed by atoms with Crippen LogP contribution < -0.4 is 0 Å². The van der Waals surface area contributed by atoms with Crippen LogP contribution in [0.5, 0.6) is 0 Å². The number of rotatable bonds is 3. The molecule has 0 fully saturated rings. The molecule has 1 aromatic heterocycles. The lowest BCUT2D eigenvalue weighted by atomic mass is 9.87. The van der Waals surface area contributed by atoms with E-state index in [0.29, 0.717) is 0 Å². The molecule has 2 aromatic rings. The van der Waals surface area contributed by atoms with Gasteiger partial charge in [-0.15, -0.1) is 11.3 Å². The molecular formula is C17H20N2S. The van der Waals surface area contributed by atoms with Crippen molar-refractivity contribution in [1.29, 1.82) is 5.26 Å². The second kappa shape index (κ2) is 5.76. The average molecular weight is 284 g/mol. The van der Waals surface area contributed by atoms with Crippen LogP contribution in [0.3, 0.4) is 0 Å². The first kappa shape index (κ1) is 14.7. The lowest BCUT2D eigenvalue weighted by Gasteiger charge is -2.18. The van der Waals surface area contributed by atoms with Crippen molar-refractivity contribution in [3.05, 3.63) is 40.4 Å². The molecule has 0 N–H and O–H groups in total. The van der Waals surface area contributed by atoms with Gasteiger partial charge in [-0.25, -0.2) is 4.98 Å². The molecule has 0 aliphatic rings. The van der Waals surface area contributed by atoms with E-state index < -0.39 is 0 Å². The Labute approximate surface area is 125 Å². The molecule has 0 radical (unpaired) electrons. The predicted molar refractivity (Wildman–Crippen MR) is 85.0 cm³/mol. The van der Waals surface area contributed by atoms with E-state index in [1.54, 1.807) is 0 Å². The predicted octanol–water partition coefficient (Wildman–Crippen LogP) is 4.93. The zero-order valence-corrected chi connectivity index (χ0v) is 13.3. The molecule has 0 bridgehead atoms. The summed E-state index contributed by atoms with van der Waals surface area (Å²) in [6.45, 7) is 8.73. The molecule has 0 spiro atoms. The maximum Gasteiger partial charge on any atom is 0.128 e. The minimum absolute atomic E-state index is 0.159. The van der Waals surface area contributed by atoms with Crippen molar-refractivity contribution in [1.82, 2.24) is 4.98 Å². The number of thiazole rings is 1. The van der Waals surface area contributed by atoms with Gasteiger partial charge in [0.2, 0.25) is 0 Å². The Bertz CT molecular complexity index is 624. The van der Waals surface area contributed by atoms with Crippen LogP contribution in [-0.2, 0) is 11.8 Å². The molecule has 0 atom stereocenters. The third kappa shape index (κ3) is 3.08. The van der Waals surface area contributed by atoms with Gasteiger partial charge in [-0.2, -0.15) is 5.26 Å². The largest absolute Gasteiger partial charge is 0.240 e. The maximum absolute atomic E-state index is 9.18. The third-order valence-corrected chi connectivity index (χ3v) is 4.33. The molecule has 20 heavy (non-hydrogen) atoms. The summed E-state index contributed by atoms with van der Waals surface area (Å²) in [4.78, 5) is 5.38. The zero-order valence-electron chi connectivity index (χ0n) is 12.5. The molecule has 1 heterocycles. The SMILES string of the molecule is CCCc1nc(-c2ccc(C(C)(C)C)cc2)sc1C#N. The molecule has 0 amide bonds. The standard InChI is InChI=1S/C17H20N2S/c1-5-6-14-15(11-18)20-16(19-14)12-7-9-13(10-8-12)17(2,3)4/h7-10H,5-6H2,1-4H3. The fraction of sp³-hybridized carbons (Fsp3) is 0.412. The Balaban J connectivity index is 2.35. The van der Waals surface area contributed by atoms with Gasteiger partial charge in [0.15, 0.2) is 0 Å². The second-order valence-corrected chi connectivity index (χ2v) is 6.98. The average Bonchev–Trinajstić information content (AvgIpc) is 2.81. The molecule has 0 aliphatic carbocycles. The van der Waals surface area contributed by atoms with Crippen molar-refractivity contribution in [2.45, 2.75) is 46.0 Å². The van der Waals surface area contributed by atoms with Gasteiger partial charge >= 0.3 is 0 Å². The van der Waals surface area contributed by atoms with Gasteiger partial charge in [0.25, 0.3) is 0 Å². The minimum atomic E-state index is 0.159. The van der Waals surface area contributed by atoms with Crippen molar-refractivity contribution in [3.8, 4) is 16.6 Å². The Hall–Kier alpha value is -1.66. The lowest BCUT2D eigenvalue weighted by molar-refractivity contribution is 0.590. The highest BCUT2D eigenvalue weighted by Gasteiger charge is 2.15. The van der Waals surface area contributed by atoms with Crippen molar-refractivity contribution in [2.75, 3.05) is 0 Å². The van der Waals surface area contributed by atoms with Gasteiger partial charge in [0.1, 0.15) is 16.0 Å². The van der Waals surface area contributed by atoms with Crippen LogP contribution in [0.4, 0.5) is 0 Å². The summed E-state index contributed by atoms with van der Waals surface area (Å²) < 4.78 is 0. The summed E-state index contributed by atoms with van der Waals surface area (Å²) in [5, 5.41) is 10.1. The fourth-order valence-electron chi connectivity index (χ4n) is 2.08. The summed E-state index contributed by atoms with van der Waals surface area (Å²) in [5.74, 6) is 0. The minimum Gasteiger partial charge on any atom is -0.240 e. The van der Waals surface area contributed by atoms with Crippen molar-refractivity contribution in [2.24, 2.45) is 0 Å². The van der Waals surface area contributed by atoms with Crippen LogP contribution in [0.1, 0.15) is 50.3 Å². The highest BCUT2D eigenvalue weighted by atomic mass is 32.1. The second-order valence-electron chi connectivity index (χ2n) is 5.98. The van der Waals surface area contributed by atoms with Gasteiger partial charge in [-0.3, -0.25) is 0 Å². The first-order chi connectivity index (χ1) is 9.45. The fourth-order valence-corrected chi connectivity index (χ4v) is 3.00. The van der Waals surface area contributed by atoms with E-state index in [4.69, 9.17) is 0 Å². The molecule has 0 saturated carbocycles. The first-order valence-electron chi connectivity index (χ1n) is 6.96. The normalized spacial score (nSPS) is 11.3. The summed E-state index contributed by atoms with van der Waals surface area (Å²) in [6, 6.07) is 10.8. The lowest BCUT2D eigenvalue weighted by Crippen LogP contribution is -2.10. The van der Waals surface area contributed by atoms with Crippen LogP contribution >= 0.6 is 11.3 Å². The van der Waals surface area contributed by atoms with Crippen LogP contribution in [-0.4, -0.2) is 4.98 Å². The Morgan fingerprint density at radius 1 is 1.20 bits per heavy atom. The highest BCUT2D eigenvalue weighted by molar-refractivity contribution is 7.15. The molecule has 104 valence electrons. The third-order valence-electron chi connectivity index (χ3n) is 3.28. The summed E-state index contributed by atoms with van der Waals surface area (Å²) in [5.41, 5.74) is 3.51. The van der Waals surface area contributed by atoms with E-state index in [1.807, 2.05) is 0 Å². The van der Waals surface area contributed by atoms with E-state index in [1.165, 1.54) is 16.9 Å². The molecule has 2 rings (SSSR count). The van der Waals surface area contributed by atoms with E-state index in [0.717, 1.165) is 34.0 Å². The van der Waals surface area contributed by atoms with Crippen molar-refractivity contribution >= 4 is 11.3 Å². The van der Waals surface area contributed by atoms with Gasteiger partial charge < -0.3 is 0 Å². The number of nitrogens with zero attached hydrogens (tertiary/aromatic N) is 2. The smallest absolute Gasteiger partial charge is 0.128 e. The number of benzene rings is 1. The molecule has 1 aromatic carbocycles. The monoisotopic (exact) mass is 284 g/mol. The quantitative estimate of drug-likeness (QED) is 0.801. The van der Waals surface area contributed by atoms with Gasteiger partial charge in [-0.1, -0.05) is 58.4 Å². The van der Waals surface area contributed by atoms with E-state index in [2.05, 4.69) is 63.0 Å². The van der Waals surface area contributed by atoms with Crippen LogP contribution in [0.2, 0.25) is 0 Å². The van der Waals surface area contributed by atoms with E-state index >= 15 is 0 Å². The van der Waals surface area contributed by atoms with Crippen LogP contribution in [0.15, 0.2) is 24.3 Å². The first-order valence-corrected chi connectivity index (χ1v) is 7.78. The van der Waals surface area contributed by atoms with Crippen LogP contribution in [0, 0.1) is 11.3 Å². The Morgan fingerprint density at radius 3 is 2.35 bits per heavy atom. The molecule has 3 heteroatoms. The molecule has 0 aliphatic heterocycles. The van der Waals surface area contributed by atoms with Crippen molar-refractivity contribution < 1.29 is 0 Å². The number of nitriles is 1. The summed E-state index contributed by atoms with van der Waals surface area (Å²) in [7, 11) is 0. The molecular weight excluding hydrogens is 264 g/mol. The number of hydrogen-bond donors (Lipinski definition) is 0.